The minimum Gasteiger partial charge on any atom is -0.348 e. The van der Waals surface area contributed by atoms with Crippen molar-refractivity contribution in [1.82, 2.24) is 5.32 Å². The van der Waals surface area contributed by atoms with Crippen LogP contribution in [0.2, 0.25) is 0 Å². The molecule has 8 heteroatoms. The highest BCUT2D eigenvalue weighted by Gasteiger charge is 2.19. The summed E-state index contributed by atoms with van der Waals surface area (Å²) < 4.78 is 28.0. The Hall–Kier alpha value is -3.65. The highest BCUT2D eigenvalue weighted by atomic mass is 32.2. The molecule has 0 atom stereocenters. The lowest BCUT2D eigenvalue weighted by Crippen LogP contribution is -2.22. The van der Waals surface area contributed by atoms with Gasteiger partial charge in [-0.3, -0.25) is 14.3 Å². The van der Waals surface area contributed by atoms with E-state index in [4.69, 9.17) is 0 Å². The number of benzene rings is 3. The van der Waals surface area contributed by atoms with E-state index < -0.39 is 10.0 Å². The quantitative estimate of drug-likeness (QED) is 0.535. The van der Waals surface area contributed by atoms with Crippen molar-refractivity contribution in [1.29, 1.82) is 0 Å². The Balaban J connectivity index is 1.40. The van der Waals surface area contributed by atoms with Crippen LogP contribution in [0.3, 0.4) is 0 Å². The smallest absolute Gasteiger partial charge is 0.262 e. The van der Waals surface area contributed by atoms with Crippen LogP contribution in [0, 0.1) is 13.8 Å². The van der Waals surface area contributed by atoms with Gasteiger partial charge in [0.15, 0.2) is 0 Å². The number of rotatable bonds is 6. The van der Waals surface area contributed by atoms with Crippen molar-refractivity contribution in [2.75, 3.05) is 10.0 Å². The van der Waals surface area contributed by atoms with Crippen molar-refractivity contribution in [3.05, 3.63) is 88.5 Å². The van der Waals surface area contributed by atoms with Crippen molar-refractivity contribution in [3.8, 4) is 0 Å². The first kappa shape index (κ1) is 21.6. The number of carbonyl (C=O) groups is 2. The maximum absolute atomic E-state index is 12.7. The monoisotopic (exact) mass is 449 g/mol. The standard InChI is InChI=1S/C24H23N3O4S/c1-15-3-4-16(2)22(11-15)32(30,31)27-20-8-6-18(7-9-20)24(29)25-14-17-5-10-21-19(12-17)13-23(28)26-21/h3-12,27H,13-14H2,1-2H3,(H,25,29)(H,26,28). The molecule has 2 amide bonds. The third-order valence-corrected chi connectivity index (χ3v) is 6.80. The van der Waals surface area contributed by atoms with Crippen molar-refractivity contribution >= 4 is 33.2 Å². The lowest BCUT2D eigenvalue weighted by molar-refractivity contribution is -0.115. The highest BCUT2D eigenvalue weighted by molar-refractivity contribution is 7.92. The van der Waals surface area contributed by atoms with Crippen LogP contribution in [0.4, 0.5) is 11.4 Å². The maximum atomic E-state index is 12.7. The molecule has 0 saturated heterocycles. The average Bonchev–Trinajstić information content (AvgIpc) is 3.13. The first-order valence-electron chi connectivity index (χ1n) is 10.1. The zero-order chi connectivity index (χ0) is 22.9. The molecule has 0 bridgehead atoms. The number of carbonyl (C=O) groups excluding carboxylic acids is 2. The van der Waals surface area contributed by atoms with Gasteiger partial charge in [-0.1, -0.05) is 24.3 Å². The Labute approximate surface area is 186 Å². The summed E-state index contributed by atoms with van der Waals surface area (Å²) in [5.41, 5.74) is 4.92. The Kier molecular flexibility index (Phi) is 5.71. The lowest BCUT2D eigenvalue weighted by Gasteiger charge is -2.12. The van der Waals surface area contributed by atoms with Crippen LogP contribution in [0.15, 0.2) is 65.6 Å². The van der Waals surface area contributed by atoms with Crippen molar-refractivity contribution in [2.45, 2.75) is 31.7 Å². The lowest BCUT2D eigenvalue weighted by atomic mass is 10.1. The van der Waals surface area contributed by atoms with E-state index in [-0.39, 0.29) is 16.7 Å². The predicted molar refractivity (Wildman–Crippen MR) is 123 cm³/mol. The number of nitrogens with one attached hydrogen (secondary N) is 3. The Bertz CT molecular complexity index is 1320. The number of sulfonamides is 1. The molecule has 3 N–H and O–H groups in total. The zero-order valence-electron chi connectivity index (χ0n) is 17.7. The van der Waals surface area contributed by atoms with Crippen LogP contribution in [-0.4, -0.2) is 20.2 Å². The van der Waals surface area contributed by atoms with E-state index in [1.165, 1.54) is 0 Å². The Morgan fingerprint density at radius 2 is 1.75 bits per heavy atom. The van der Waals surface area contributed by atoms with E-state index in [1.54, 1.807) is 43.3 Å². The molecule has 1 heterocycles. The highest BCUT2D eigenvalue weighted by Crippen LogP contribution is 2.24. The number of fused-ring (bicyclic) bond motifs is 1. The van der Waals surface area contributed by atoms with Gasteiger partial charge in [0, 0.05) is 23.5 Å². The first-order valence-corrected chi connectivity index (χ1v) is 11.6. The largest absolute Gasteiger partial charge is 0.348 e. The van der Waals surface area contributed by atoms with Crippen LogP contribution >= 0.6 is 0 Å². The molecule has 3 aromatic carbocycles. The third kappa shape index (κ3) is 4.65. The molecule has 164 valence electrons. The average molecular weight is 450 g/mol. The fraction of sp³-hybridized carbons (Fsp3) is 0.167. The summed E-state index contributed by atoms with van der Waals surface area (Å²) in [5, 5.41) is 5.62. The van der Waals surface area contributed by atoms with Gasteiger partial charge >= 0.3 is 0 Å². The molecular weight excluding hydrogens is 426 g/mol. The van der Waals surface area contributed by atoms with Crippen molar-refractivity contribution in [3.63, 3.8) is 0 Å². The van der Waals surface area contributed by atoms with Gasteiger partial charge in [0.2, 0.25) is 5.91 Å². The second-order valence-electron chi connectivity index (χ2n) is 7.85. The van der Waals surface area contributed by atoms with Crippen LogP contribution in [0.25, 0.3) is 0 Å². The molecule has 0 aromatic heterocycles. The second-order valence-corrected chi connectivity index (χ2v) is 9.50. The van der Waals surface area contributed by atoms with E-state index in [2.05, 4.69) is 15.4 Å². The van der Waals surface area contributed by atoms with Crippen LogP contribution in [-0.2, 0) is 27.8 Å². The molecule has 7 nitrogen and oxygen atoms in total. The van der Waals surface area contributed by atoms with Gasteiger partial charge in [-0.2, -0.15) is 0 Å². The molecule has 1 aliphatic rings. The van der Waals surface area contributed by atoms with Crippen LogP contribution in [0.1, 0.15) is 32.6 Å². The minimum absolute atomic E-state index is 0.0329. The molecular formula is C24H23N3O4S. The summed E-state index contributed by atoms with van der Waals surface area (Å²) in [4.78, 5) is 24.2. The maximum Gasteiger partial charge on any atom is 0.262 e. The molecule has 0 unspecified atom stereocenters. The summed E-state index contributed by atoms with van der Waals surface area (Å²) in [7, 11) is -3.73. The Morgan fingerprint density at radius 1 is 1.00 bits per heavy atom. The van der Waals surface area contributed by atoms with E-state index in [1.807, 2.05) is 31.2 Å². The summed E-state index contributed by atoms with van der Waals surface area (Å²) in [6.07, 6.45) is 0.344. The molecule has 0 spiro atoms. The number of aryl methyl sites for hydroxylation is 2. The second kappa shape index (κ2) is 8.47. The molecule has 4 rings (SSSR count). The molecule has 32 heavy (non-hydrogen) atoms. The number of amides is 2. The summed E-state index contributed by atoms with van der Waals surface area (Å²) in [6.45, 7) is 3.91. The van der Waals surface area contributed by atoms with Gasteiger partial charge in [-0.05, 0) is 72.5 Å². The first-order chi connectivity index (χ1) is 15.2. The van der Waals surface area contributed by atoms with Gasteiger partial charge in [0.05, 0.1) is 11.3 Å². The number of anilines is 2. The van der Waals surface area contributed by atoms with Crippen LogP contribution < -0.4 is 15.4 Å². The van der Waals surface area contributed by atoms with Gasteiger partial charge in [0.25, 0.3) is 15.9 Å². The van der Waals surface area contributed by atoms with Gasteiger partial charge < -0.3 is 10.6 Å². The number of hydrogen-bond acceptors (Lipinski definition) is 4. The minimum atomic E-state index is -3.73. The summed E-state index contributed by atoms with van der Waals surface area (Å²) >= 11 is 0. The summed E-state index contributed by atoms with van der Waals surface area (Å²) in [5.74, 6) is -0.307. The predicted octanol–water partition coefficient (Wildman–Crippen LogP) is 3.53. The van der Waals surface area contributed by atoms with E-state index in [0.29, 0.717) is 29.8 Å². The SMILES string of the molecule is Cc1ccc(C)c(S(=O)(=O)Nc2ccc(C(=O)NCc3ccc4c(c3)CC(=O)N4)cc2)c1. The number of hydrogen-bond donors (Lipinski definition) is 3. The van der Waals surface area contributed by atoms with Gasteiger partial charge in [0.1, 0.15) is 0 Å². The molecule has 0 fully saturated rings. The fourth-order valence-corrected chi connectivity index (χ4v) is 4.96. The van der Waals surface area contributed by atoms with E-state index in [0.717, 1.165) is 22.4 Å². The third-order valence-electron chi connectivity index (χ3n) is 5.28. The topological polar surface area (TPSA) is 104 Å². The van der Waals surface area contributed by atoms with Crippen molar-refractivity contribution in [2.24, 2.45) is 0 Å². The van der Waals surface area contributed by atoms with Gasteiger partial charge in [-0.15, -0.1) is 0 Å². The fourth-order valence-electron chi connectivity index (χ4n) is 3.57. The molecule has 0 aliphatic carbocycles. The normalized spacial score (nSPS) is 12.8. The molecule has 3 aromatic rings. The Morgan fingerprint density at radius 3 is 2.50 bits per heavy atom. The zero-order valence-corrected chi connectivity index (χ0v) is 18.5. The summed E-state index contributed by atoms with van der Waals surface area (Å²) in [6, 6.07) is 17.1. The van der Waals surface area contributed by atoms with Crippen LogP contribution in [0.5, 0.6) is 0 Å². The van der Waals surface area contributed by atoms with E-state index >= 15 is 0 Å². The molecule has 0 radical (unpaired) electrons. The van der Waals surface area contributed by atoms with Crippen molar-refractivity contribution < 1.29 is 18.0 Å². The van der Waals surface area contributed by atoms with Gasteiger partial charge in [-0.25, -0.2) is 8.42 Å². The van der Waals surface area contributed by atoms with E-state index in [9.17, 15) is 18.0 Å². The molecule has 1 aliphatic heterocycles. The molecule has 0 saturated carbocycles.